The summed E-state index contributed by atoms with van der Waals surface area (Å²) in [6.07, 6.45) is 6.02. The Morgan fingerprint density at radius 2 is 2.08 bits per heavy atom. The maximum absolute atomic E-state index is 12.6. The van der Waals surface area contributed by atoms with Gasteiger partial charge in [0.2, 0.25) is 0 Å². The van der Waals surface area contributed by atoms with E-state index in [9.17, 15) is 4.79 Å². The maximum atomic E-state index is 12.6. The number of aromatic nitrogens is 3. The van der Waals surface area contributed by atoms with Crippen LogP contribution in [0.15, 0.2) is 47.3 Å². The van der Waals surface area contributed by atoms with Crippen LogP contribution in [-0.2, 0) is 11.8 Å². The Morgan fingerprint density at radius 1 is 1.23 bits per heavy atom. The Hall–Kier alpha value is -2.73. The summed E-state index contributed by atoms with van der Waals surface area (Å²) in [4.78, 5) is 19.1. The van der Waals surface area contributed by atoms with Gasteiger partial charge in [0.05, 0.1) is 16.6 Å². The average molecular weight is 362 g/mol. The molecule has 1 fully saturated rings. The molecule has 1 atom stereocenters. The molecule has 1 amide bonds. The molecule has 1 aliphatic carbocycles. The van der Waals surface area contributed by atoms with Crippen molar-refractivity contribution in [2.75, 3.05) is 13.1 Å². The second kappa shape index (κ2) is 5.92. The van der Waals surface area contributed by atoms with Crippen molar-refractivity contribution >= 4 is 23.3 Å². The normalized spacial score (nSPS) is 21.3. The summed E-state index contributed by atoms with van der Waals surface area (Å²) >= 11 is 1.60. The molecule has 1 unspecified atom stereocenters. The number of nitrogens with zero attached hydrogens (tertiary/aromatic N) is 3. The fourth-order valence-corrected chi connectivity index (χ4v) is 4.42. The Kier molecular flexibility index (Phi) is 3.53. The molecular weight excluding hydrogens is 344 g/mol. The van der Waals surface area contributed by atoms with Crippen molar-refractivity contribution in [3.63, 3.8) is 0 Å². The summed E-state index contributed by atoms with van der Waals surface area (Å²) < 4.78 is 0. The van der Waals surface area contributed by atoms with Crippen LogP contribution < -0.4 is 0 Å². The predicted octanol–water partition coefficient (Wildman–Crippen LogP) is 3.27. The number of hydrogen-bond acceptors (Lipinski definition) is 4. The summed E-state index contributed by atoms with van der Waals surface area (Å²) in [6.45, 7) is 1.66. The third-order valence-electron chi connectivity index (χ3n) is 5.40. The van der Waals surface area contributed by atoms with Gasteiger partial charge in [0.15, 0.2) is 5.69 Å². The molecular formula is C20H18N4OS. The van der Waals surface area contributed by atoms with E-state index in [-0.39, 0.29) is 11.3 Å². The van der Waals surface area contributed by atoms with Crippen LogP contribution in [0.4, 0.5) is 0 Å². The number of carbonyl (C=O) groups is 1. The van der Waals surface area contributed by atoms with Gasteiger partial charge in [-0.05, 0) is 12.0 Å². The summed E-state index contributed by atoms with van der Waals surface area (Å²) in [7, 11) is 0. The second-order valence-corrected chi connectivity index (χ2v) is 7.55. The largest absolute Gasteiger partial charge is 0.337 e. The Bertz CT molecular complexity index is 973. The summed E-state index contributed by atoms with van der Waals surface area (Å²) in [6, 6.07) is 10.4. The standard InChI is InChI=1S/C20H18N4OS/c25-19(24-9-4-10-24)18-15-7-8-20(11-16(15)22-23-18,17-12-26-13-21-17)14-5-2-1-3-6-14/h1-3,5-8,12-13H,4,9-11H2,(H,22,23). The molecule has 26 heavy (non-hydrogen) atoms. The van der Waals surface area contributed by atoms with Gasteiger partial charge in [-0.15, -0.1) is 11.3 Å². The van der Waals surface area contributed by atoms with Crippen molar-refractivity contribution in [1.29, 1.82) is 0 Å². The van der Waals surface area contributed by atoms with Crippen LogP contribution in [0.2, 0.25) is 0 Å². The summed E-state index contributed by atoms with van der Waals surface area (Å²) in [5.41, 5.74) is 6.21. The van der Waals surface area contributed by atoms with E-state index in [1.807, 2.05) is 22.6 Å². The molecule has 1 aliphatic heterocycles. The van der Waals surface area contributed by atoms with Gasteiger partial charge in [0.25, 0.3) is 5.91 Å². The van der Waals surface area contributed by atoms with E-state index < -0.39 is 0 Å². The van der Waals surface area contributed by atoms with Gasteiger partial charge in [0, 0.05) is 36.1 Å². The molecule has 1 N–H and O–H groups in total. The van der Waals surface area contributed by atoms with Gasteiger partial charge in [-0.1, -0.05) is 42.5 Å². The van der Waals surface area contributed by atoms with Gasteiger partial charge in [-0.2, -0.15) is 5.10 Å². The highest BCUT2D eigenvalue weighted by Gasteiger charge is 2.39. The lowest BCUT2D eigenvalue weighted by Gasteiger charge is -2.33. The third-order valence-corrected chi connectivity index (χ3v) is 5.98. The van der Waals surface area contributed by atoms with Crippen LogP contribution in [0.3, 0.4) is 0 Å². The minimum atomic E-state index is -0.335. The van der Waals surface area contributed by atoms with Crippen LogP contribution in [-0.4, -0.2) is 39.1 Å². The van der Waals surface area contributed by atoms with Gasteiger partial charge in [0.1, 0.15) is 0 Å². The fraction of sp³-hybridized carbons (Fsp3) is 0.250. The molecule has 1 saturated heterocycles. The minimum Gasteiger partial charge on any atom is -0.337 e. The monoisotopic (exact) mass is 362 g/mol. The molecule has 0 spiro atoms. The molecule has 0 bridgehead atoms. The van der Waals surface area contributed by atoms with Gasteiger partial charge < -0.3 is 4.90 Å². The van der Waals surface area contributed by atoms with E-state index >= 15 is 0 Å². The molecule has 2 aliphatic rings. The summed E-state index contributed by atoms with van der Waals surface area (Å²) in [5.74, 6) is 0.0271. The second-order valence-electron chi connectivity index (χ2n) is 6.83. The van der Waals surface area contributed by atoms with E-state index in [4.69, 9.17) is 0 Å². The van der Waals surface area contributed by atoms with E-state index in [2.05, 4.69) is 50.9 Å². The SMILES string of the molecule is O=C(c1n[nH]c2c1C=CC(c1ccccc1)(c1cscn1)C2)N1CCC1. The van der Waals surface area contributed by atoms with E-state index in [0.717, 1.165) is 36.5 Å². The van der Waals surface area contributed by atoms with Crippen LogP contribution in [0.25, 0.3) is 6.08 Å². The lowest BCUT2D eigenvalue weighted by molar-refractivity contribution is 0.0645. The van der Waals surface area contributed by atoms with E-state index in [1.165, 1.54) is 5.56 Å². The van der Waals surface area contributed by atoms with Crippen LogP contribution >= 0.6 is 11.3 Å². The minimum absolute atomic E-state index is 0.0271. The maximum Gasteiger partial charge on any atom is 0.274 e. The molecule has 5 rings (SSSR count). The number of carbonyl (C=O) groups excluding carboxylic acids is 1. The van der Waals surface area contributed by atoms with Crippen molar-refractivity contribution in [2.45, 2.75) is 18.3 Å². The number of aromatic amines is 1. The number of H-pyrrole nitrogens is 1. The topological polar surface area (TPSA) is 61.9 Å². The number of rotatable bonds is 3. The smallest absolute Gasteiger partial charge is 0.274 e. The first-order chi connectivity index (χ1) is 12.8. The zero-order valence-corrected chi connectivity index (χ0v) is 15.0. The zero-order chi connectivity index (χ0) is 17.6. The highest BCUT2D eigenvalue weighted by molar-refractivity contribution is 7.07. The average Bonchev–Trinajstić information content (AvgIpc) is 3.30. The van der Waals surface area contributed by atoms with Crippen LogP contribution in [0, 0.1) is 0 Å². The van der Waals surface area contributed by atoms with Gasteiger partial charge in [-0.25, -0.2) is 4.98 Å². The lowest BCUT2D eigenvalue weighted by atomic mass is 9.71. The number of amides is 1. The Balaban J connectivity index is 1.59. The van der Waals surface area contributed by atoms with Crippen LogP contribution in [0.5, 0.6) is 0 Å². The molecule has 130 valence electrons. The van der Waals surface area contributed by atoms with Gasteiger partial charge >= 0.3 is 0 Å². The highest BCUT2D eigenvalue weighted by atomic mass is 32.1. The fourth-order valence-electron chi connectivity index (χ4n) is 3.79. The van der Waals surface area contributed by atoms with E-state index in [0.29, 0.717) is 12.1 Å². The summed E-state index contributed by atoms with van der Waals surface area (Å²) in [5, 5.41) is 9.58. The van der Waals surface area contributed by atoms with E-state index in [1.54, 1.807) is 11.3 Å². The molecule has 0 saturated carbocycles. The van der Waals surface area contributed by atoms with Crippen molar-refractivity contribution < 1.29 is 4.79 Å². The zero-order valence-electron chi connectivity index (χ0n) is 14.2. The molecule has 6 heteroatoms. The van der Waals surface area contributed by atoms with Crippen molar-refractivity contribution in [1.82, 2.24) is 20.1 Å². The van der Waals surface area contributed by atoms with Crippen molar-refractivity contribution in [3.8, 4) is 0 Å². The molecule has 2 aromatic heterocycles. The van der Waals surface area contributed by atoms with Crippen molar-refractivity contribution in [2.24, 2.45) is 0 Å². The molecule has 0 radical (unpaired) electrons. The number of benzene rings is 1. The van der Waals surface area contributed by atoms with Crippen molar-refractivity contribution in [3.05, 3.63) is 75.5 Å². The first-order valence-corrected chi connectivity index (χ1v) is 9.72. The predicted molar refractivity (Wildman–Crippen MR) is 101 cm³/mol. The first-order valence-electron chi connectivity index (χ1n) is 8.78. The number of hydrogen-bond donors (Lipinski definition) is 1. The Labute approximate surface area is 155 Å². The molecule has 1 aromatic carbocycles. The molecule has 3 aromatic rings. The van der Waals surface area contributed by atoms with Gasteiger partial charge in [-0.3, -0.25) is 9.89 Å². The third kappa shape index (κ3) is 2.25. The number of likely N-dealkylation sites (tertiary alicyclic amines) is 1. The number of allylic oxidation sites excluding steroid dienone is 1. The Morgan fingerprint density at radius 3 is 2.77 bits per heavy atom. The first kappa shape index (κ1) is 15.5. The highest BCUT2D eigenvalue weighted by Crippen LogP contribution is 2.41. The number of fused-ring (bicyclic) bond motifs is 1. The number of thiazole rings is 1. The lowest BCUT2D eigenvalue weighted by Crippen LogP contribution is -2.42. The van der Waals surface area contributed by atoms with Crippen LogP contribution in [0.1, 0.15) is 39.4 Å². The quantitative estimate of drug-likeness (QED) is 0.778. The molecule has 3 heterocycles. The number of nitrogens with one attached hydrogen (secondary N) is 1. The molecule has 5 nitrogen and oxygen atoms in total.